The number of nitrogens with one attached hydrogen (secondary N) is 1. The van der Waals surface area contributed by atoms with Crippen molar-refractivity contribution in [3.05, 3.63) is 78.0 Å². The van der Waals surface area contributed by atoms with Gasteiger partial charge in [-0.1, -0.05) is 23.9 Å². The number of amides is 2. The summed E-state index contributed by atoms with van der Waals surface area (Å²) in [4.78, 5) is 44.4. The van der Waals surface area contributed by atoms with Crippen LogP contribution in [-0.4, -0.2) is 35.9 Å². The molecule has 1 aliphatic heterocycles. The normalized spacial score (nSPS) is 12.4. The summed E-state index contributed by atoms with van der Waals surface area (Å²) >= 11 is 1.40. The van der Waals surface area contributed by atoms with Gasteiger partial charge in [-0.2, -0.15) is 0 Å². The number of hydrogen-bond acceptors (Lipinski definition) is 6. The number of esters is 1. The third-order valence-electron chi connectivity index (χ3n) is 4.59. The molecule has 0 bridgehead atoms. The van der Waals surface area contributed by atoms with Crippen molar-refractivity contribution in [2.45, 2.75) is 16.8 Å². The summed E-state index contributed by atoms with van der Waals surface area (Å²) in [5.41, 5.74) is 2.02. The van der Waals surface area contributed by atoms with Gasteiger partial charge < -0.3 is 10.1 Å². The number of carbonyl (C=O) groups is 3. The van der Waals surface area contributed by atoms with Crippen LogP contribution in [0.1, 0.15) is 27.6 Å². The zero-order valence-electron chi connectivity index (χ0n) is 16.7. The average Bonchev–Trinajstić information content (AvgIpc) is 2.89. The molecule has 0 saturated heterocycles. The Balaban J connectivity index is 1.54. The van der Waals surface area contributed by atoms with Crippen molar-refractivity contribution in [3.8, 4) is 0 Å². The maximum absolute atomic E-state index is 13.2. The molecule has 3 aromatic rings. The number of fused-ring (bicyclic) bond motifs is 2. The first-order chi connectivity index (χ1) is 15.1. The summed E-state index contributed by atoms with van der Waals surface area (Å²) in [7, 11) is 0. The zero-order valence-corrected chi connectivity index (χ0v) is 17.5. The van der Waals surface area contributed by atoms with Gasteiger partial charge in [0.2, 0.25) is 5.91 Å². The number of hydrogen-bond donors (Lipinski definition) is 1. The Bertz CT molecular complexity index is 1150. The van der Waals surface area contributed by atoms with Gasteiger partial charge in [0.05, 0.1) is 23.4 Å². The highest BCUT2D eigenvalue weighted by atomic mass is 32.2. The summed E-state index contributed by atoms with van der Waals surface area (Å²) in [6, 6.07) is 17.2. The van der Waals surface area contributed by atoms with Crippen molar-refractivity contribution < 1.29 is 19.1 Å². The van der Waals surface area contributed by atoms with E-state index in [-0.39, 0.29) is 18.4 Å². The largest absolute Gasteiger partial charge is 0.462 e. The van der Waals surface area contributed by atoms with Crippen LogP contribution in [0.3, 0.4) is 0 Å². The number of carbonyl (C=O) groups excluding carboxylic acids is 3. The molecule has 1 aliphatic rings. The molecule has 2 aromatic carbocycles. The fourth-order valence-electron chi connectivity index (χ4n) is 3.16. The maximum Gasteiger partial charge on any atom is 0.338 e. The van der Waals surface area contributed by atoms with Gasteiger partial charge >= 0.3 is 5.97 Å². The Labute approximate surface area is 183 Å². The quantitative estimate of drug-likeness (QED) is 0.612. The fourth-order valence-corrected chi connectivity index (χ4v) is 4.18. The van der Waals surface area contributed by atoms with E-state index in [1.165, 1.54) is 16.7 Å². The first kappa shape index (κ1) is 20.6. The lowest BCUT2D eigenvalue weighted by atomic mass is 10.2. The van der Waals surface area contributed by atoms with Crippen LogP contribution in [0.5, 0.6) is 0 Å². The van der Waals surface area contributed by atoms with Crippen molar-refractivity contribution in [2.75, 3.05) is 23.4 Å². The molecule has 7 nitrogen and oxygen atoms in total. The maximum atomic E-state index is 13.2. The van der Waals surface area contributed by atoms with E-state index in [0.29, 0.717) is 34.1 Å². The van der Waals surface area contributed by atoms with E-state index < -0.39 is 5.97 Å². The van der Waals surface area contributed by atoms with Crippen LogP contribution >= 0.6 is 11.8 Å². The van der Waals surface area contributed by atoms with Crippen molar-refractivity contribution in [3.63, 3.8) is 0 Å². The molecule has 1 aromatic heterocycles. The van der Waals surface area contributed by atoms with E-state index in [1.54, 1.807) is 61.7 Å². The number of ether oxygens (including phenoxy) is 1. The van der Waals surface area contributed by atoms with Gasteiger partial charge in [0, 0.05) is 16.8 Å². The predicted molar refractivity (Wildman–Crippen MR) is 118 cm³/mol. The minimum absolute atomic E-state index is 0.175. The Morgan fingerprint density at radius 1 is 1.06 bits per heavy atom. The van der Waals surface area contributed by atoms with Crippen molar-refractivity contribution >= 4 is 40.9 Å². The summed E-state index contributed by atoms with van der Waals surface area (Å²) < 4.78 is 4.96. The van der Waals surface area contributed by atoms with Crippen LogP contribution < -0.4 is 10.2 Å². The Morgan fingerprint density at radius 3 is 2.61 bits per heavy atom. The average molecular weight is 433 g/mol. The standard InChI is InChI=1S/C23H19N3O4S/c1-2-30-23(29)15-9-11-16(12-10-15)25-20(27)14-26-18-7-5-13-24-21(18)31-19-8-4-3-6-17(19)22(26)28/h3-13H,2,14H2,1H3,(H,25,27). The van der Waals surface area contributed by atoms with Crippen molar-refractivity contribution in [1.82, 2.24) is 4.98 Å². The lowest BCUT2D eigenvalue weighted by Gasteiger charge is -2.22. The second-order valence-electron chi connectivity index (χ2n) is 6.66. The Morgan fingerprint density at radius 2 is 1.84 bits per heavy atom. The Hall–Kier alpha value is -3.65. The van der Waals surface area contributed by atoms with Gasteiger partial charge in [0.25, 0.3) is 5.91 Å². The molecule has 0 unspecified atom stereocenters. The third-order valence-corrected chi connectivity index (χ3v) is 5.68. The van der Waals surface area contributed by atoms with E-state index in [0.717, 1.165) is 4.90 Å². The highest BCUT2D eigenvalue weighted by Gasteiger charge is 2.29. The van der Waals surface area contributed by atoms with Gasteiger partial charge in [-0.15, -0.1) is 0 Å². The van der Waals surface area contributed by atoms with Crippen LogP contribution in [0.2, 0.25) is 0 Å². The SMILES string of the molecule is CCOC(=O)c1ccc(NC(=O)CN2C(=O)c3ccccc3Sc3ncccc32)cc1. The highest BCUT2D eigenvalue weighted by molar-refractivity contribution is 7.99. The third kappa shape index (κ3) is 4.44. The molecule has 0 atom stereocenters. The van der Waals surface area contributed by atoms with Crippen LogP contribution in [0.4, 0.5) is 11.4 Å². The molecular formula is C23H19N3O4S. The molecule has 0 radical (unpaired) electrons. The first-order valence-corrected chi connectivity index (χ1v) is 10.5. The van der Waals surface area contributed by atoms with Crippen LogP contribution in [-0.2, 0) is 9.53 Å². The van der Waals surface area contributed by atoms with Gasteiger partial charge in [0.15, 0.2) is 0 Å². The van der Waals surface area contributed by atoms with Gasteiger partial charge in [-0.3, -0.25) is 14.5 Å². The summed E-state index contributed by atoms with van der Waals surface area (Å²) in [6.45, 7) is 1.85. The number of anilines is 2. The molecular weight excluding hydrogens is 414 g/mol. The number of rotatable bonds is 5. The molecule has 1 N–H and O–H groups in total. The molecule has 31 heavy (non-hydrogen) atoms. The van der Waals surface area contributed by atoms with E-state index in [4.69, 9.17) is 4.74 Å². The molecule has 2 heterocycles. The Kier molecular flexibility index (Phi) is 5.99. The highest BCUT2D eigenvalue weighted by Crippen LogP contribution is 2.39. The van der Waals surface area contributed by atoms with E-state index >= 15 is 0 Å². The molecule has 2 amide bonds. The molecule has 4 rings (SSSR count). The second-order valence-corrected chi connectivity index (χ2v) is 7.69. The molecule has 0 saturated carbocycles. The number of pyridine rings is 1. The lowest BCUT2D eigenvalue weighted by molar-refractivity contribution is -0.114. The van der Waals surface area contributed by atoms with Crippen molar-refractivity contribution in [1.29, 1.82) is 0 Å². The number of benzene rings is 2. The number of nitrogens with zero attached hydrogens (tertiary/aromatic N) is 2. The fraction of sp³-hybridized carbons (Fsp3) is 0.130. The van der Waals surface area contributed by atoms with Gasteiger partial charge in [-0.25, -0.2) is 9.78 Å². The van der Waals surface area contributed by atoms with Crippen LogP contribution in [0, 0.1) is 0 Å². The lowest BCUT2D eigenvalue weighted by Crippen LogP contribution is -2.38. The van der Waals surface area contributed by atoms with E-state index in [9.17, 15) is 14.4 Å². The van der Waals surface area contributed by atoms with E-state index in [2.05, 4.69) is 10.3 Å². The topological polar surface area (TPSA) is 88.6 Å². The molecule has 0 aliphatic carbocycles. The van der Waals surface area contributed by atoms with Gasteiger partial charge in [0.1, 0.15) is 11.6 Å². The summed E-state index contributed by atoms with van der Waals surface area (Å²) in [5, 5.41) is 3.43. The predicted octanol–water partition coefficient (Wildman–Crippen LogP) is 4.01. The molecule has 0 spiro atoms. The smallest absolute Gasteiger partial charge is 0.338 e. The second kappa shape index (κ2) is 9.01. The first-order valence-electron chi connectivity index (χ1n) is 9.67. The molecule has 156 valence electrons. The summed E-state index contributed by atoms with van der Waals surface area (Å²) in [5.74, 6) is -1.05. The van der Waals surface area contributed by atoms with Gasteiger partial charge in [-0.05, 0) is 55.5 Å². The minimum Gasteiger partial charge on any atom is -0.462 e. The van der Waals surface area contributed by atoms with Crippen molar-refractivity contribution in [2.24, 2.45) is 0 Å². The van der Waals surface area contributed by atoms with E-state index in [1.807, 2.05) is 12.1 Å². The number of aromatic nitrogens is 1. The minimum atomic E-state index is -0.421. The monoisotopic (exact) mass is 433 g/mol. The summed E-state index contributed by atoms with van der Waals surface area (Å²) in [6.07, 6.45) is 1.66. The zero-order chi connectivity index (χ0) is 21.8. The van der Waals surface area contributed by atoms with Crippen LogP contribution in [0.25, 0.3) is 0 Å². The van der Waals surface area contributed by atoms with Crippen LogP contribution in [0.15, 0.2) is 76.8 Å². The molecule has 0 fully saturated rings. The molecule has 8 heteroatoms.